The molecule has 0 unspecified atom stereocenters. The van der Waals surface area contributed by atoms with Crippen LogP contribution < -0.4 is 10.6 Å². The zero-order chi connectivity index (χ0) is 18.5. The van der Waals surface area contributed by atoms with Gasteiger partial charge in [0, 0.05) is 26.8 Å². The number of rotatable bonds is 5. The van der Waals surface area contributed by atoms with E-state index in [0.29, 0.717) is 12.5 Å². The lowest BCUT2D eigenvalue weighted by Gasteiger charge is -2.14. The molecule has 2 aromatic rings. The number of para-hydroxylation sites is 1. The van der Waals surface area contributed by atoms with Crippen LogP contribution in [-0.4, -0.2) is 54.2 Å². The van der Waals surface area contributed by atoms with Crippen LogP contribution in [0.1, 0.15) is 23.4 Å². The fourth-order valence-electron chi connectivity index (χ4n) is 3.14. The van der Waals surface area contributed by atoms with Gasteiger partial charge in [0.05, 0.1) is 24.5 Å². The molecular formula is C19H26N6O. The van der Waals surface area contributed by atoms with Crippen molar-refractivity contribution in [2.75, 3.05) is 27.7 Å². The monoisotopic (exact) mass is 354 g/mol. The molecule has 0 bridgehead atoms. The maximum atomic E-state index is 11.7. The molecule has 7 nitrogen and oxygen atoms in total. The van der Waals surface area contributed by atoms with Crippen molar-refractivity contribution in [2.45, 2.75) is 25.8 Å². The van der Waals surface area contributed by atoms with E-state index < -0.39 is 0 Å². The predicted molar refractivity (Wildman–Crippen MR) is 102 cm³/mol. The van der Waals surface area contributed by atoms with Crippen LogP contribution in [0.2, 0.25) is 0 Å². The molecule has 0 aliphatic heterocycles. The lowest BCUT2D eigenvalue weighted by molar-refractivity contribution is -0.127. The molecule has 7 heteroatoms. The number of aromatic nitrogens is 2. The summed E-state index contributed by atoms with van der Waals surface area (Å²) in [5.41, 5.74) is 4.78. The van der Waals surface area contributed by atoms with Gasteiger partial charge in [0.25, 0.3) is 0 Å². The van der Waals surface area contributed by atoms with Crippen molar-refractivity contribution in [3.8, 4) is 5.69 Å². The second kappa shape index (κ2) is 8.03. The summed E-state index contributed by atoms with van der Waals surface area (Å²) in [6, 6.07) is 10.2. The number of benzene rings is 1. The maximum Gasteiger partial charge on any atom is 0.241 e. The van der Waals surface area contributed by atoms with E-state index in [-0.39, 0.29) is 12.5 Å². The topological polar surface area (TPSA) is 74.6 Å². The van der Waals surface area contributed by atoms with E-state index in [9.17, 15) is 4.79 Å². The van der Waals surface area contributed by atoms with Crippen LogP contribution >= 0.6 is 0 Å². The van der Waals surface area contributed by atoms with Crippen molar-refractivity contribution in [3.05, 3.63) is 47.3 Å². The Morgan fingerprint density at radius 3 is 2.69 bits per heavy atom. The fourth-order valence-corrected chi connectivity index (χ4v) is 3.14. The largest absolute Gasteiger partial charge is 0.351 e. The van der Waals surface area contributed by atoms with Gasteiger partial charge in [0.1, 0.15) is 0 Å². The smallest absolute Gasteiger partial charge is 0.241 e. The minimum Gasteiger partial charge on any atom is -0.351 e. The van der Waals surface area contributed by atoms with E-state index >= 15 is 0 Å². The van der Waals surface area contributed by atoms with Crippen molar-refractivity contribution in [2.24, 2.45) is 4.99 Å². The Hall–Kier alpha value is -2.83. The molecule has 0 spiro atoms. The minimum atomic E-state index is 0.00203. The van der Waals surface area contributed by atoms with E-state index in [4.69, 9.17) is 5.10 Å². The molecule has 1 aliphatic carbocycles. The Bertz CT molecular complexity index is 794. The molecule has 1 aliphatic rings. The zero-order valence-corrected chi connectivity index (χ0v) is 15.6. The Morgan fingerprint density at radius 2 is 2.00 bits per heavy atom. The number of hydrogen-bond acceptors (Lipinski definition) is 3. The van der Waals surface area contributed by atoms with Crippen LogP contribution in [0.5, 0.6) is 0 Å². The highest BCUT2D eigenvalue weighted by molar-refractivity contribution is 5.86. The van der Waals surface area contributed by atoms with Crippen LogP contribution in [0.25, 0.3) is 5.69 Å². The molecule has 1 aromatic heterocycles. The van der Waals surface area contributed by atoms with Crippen LogP contribution in [0.3, 0.4) is 0 Å². The van der Waals surface area contributed by atoms with Crippen molar-refractivity contribution in [1.82, 2.24) is 25.3 Å². The third-order valence-corrected chi connectivity index (χ3v) is 4.57. The van der Waals surface area contributed by atoms with Gasteiger partial charge >= 0.3 is 0 Å². The van der Waals surface area contributed by atoms with Gasteiger partial charge in [-0.2, -0.15) is 5.10 Å². The highest BCUT2D eigenvalue weighted by Crippen LogP contribution is 2.27. The second-order valence-electron chi connectivity index (χ2n) is 6.54. The third-order valence-electron chi connectivity index (χ3n) is 4.57. The van der Waals surface area contributed by atoms with Gasteiger partial charge in [-0.15, -0.1) is 0 Å². The quantitative estimate of drug-likeness (QED) is 0.623. The first kappa shape index (κ1) is 18.0. The molecule has 1 aromatic carbocycles. The predicted octanol–water partition coefficient (Wildman–Crippen LogP) is 1.11. The first-order valence-corrected chi connectivity index (χ1v) is 8.90. The first-order valence-electron chi connectivity index (χ1n) is 8.90. The van der Waals surface area contributed by atoms with Crippen molar-refractivity contribution in [3.63, 3.8) is 0 Å². The van der Waals surface area contributed by atoms with Crippen molar-refractivity contribution >= 4 is 11.9 Å². The van der Waals surface area contributed by atoms with Crippen LogP contribution in [0.15, 0.2) is 35.3 Å². The average molecular weight is 354 g/mol. The normalized spacial score (nSPS) is 13.4. The van der Waals surface area contributed by atoms with E-state index in [1.807, 2.05) is 18.2 Å². The molecule has 0 saturated carbocycles. The molecule has 26 heavy (non-hydrogen) atoms. The van der Waals surface area contributed by atoms with Gasteiger partial charge in [-0.1, -0.05) is 18.2 Å². The lowest BCUT2D eigenvalue weighted by Crippen LogP contribution is -2.42. The minimum absolute atomic E-state index is 0.00203. The number of fused-ring (bicyclic) bond motifs is 1. The summed E-state index contributed by atoms with van der Waals surface area (Å²) in [6.07, 6.45) is 3.28. The zero-order valence-electron chi connectivity index (χ0n) is 15.6. The molecule has 0 saturated heterocycles. The van der Waals surface area contributed by atoms with E-state index in [1.165, 1.54) is 11.3 Å². The molecule has 0 radical (unpaired) electrons. The highest BCUT2D eigenvalue weighted by Gasteiger charge is 2.23. The van der Waals surface area contributed by atoms with Gasteiger partial charge in [-0.25, -0.2) is 4.68 Å². The van der Waals surface area contributed by atoms with E-state index in [2.05, 4.69) is 32.4 Å². The number of hydrogen-bond donors (Lipinski definition) is 2. The Morgan fingerprint density at radius 1 is 1.23 bits per heavy atom. The average Bonchev–Trinajstić information content (AvgIpc) is 3.25. The van der Waals surface area contributed by atoms with Gasteiger partial charge in [-0.3, -0.25) is 9.79 Å². The highest BCUT2D eigenvalue weighted by atomic mass is 16.2. The molecular weight excluding hydrogens is 328 g/mol. The molecule has 1 heterocycles. The Kier molecular flexibility index (Phi) is 5.55. The van der Waals surface area contributed by atoms with Gasteiger partial charge in [0.15, 0.2) is 5.96 Å². The number of likely N-dealkylation sites (N-methyl/N-ethyl adjacent to an activating group) is 1. The number of aliphatic imine (C=N–C) groups is 1. The number of nitrogens with one attached hydrogen (secondary N) is 2. The fraction of sp³-hybridized carbons (Fsp3) is 0.421. The van der Waals surface area contributed by atoms with E-state index in [1.54, 1.807) is 26.0 Å². The molecule has 2 N–H and O–H groups in total. The Labute approximate surface area is 154 Å². The number of amides is 1. The van der Waals surface area contributed by atoms with Crippen LogP contribution in [-0.2, 0) is 24.2 Å². The second-order valence-corrected chi connectivity index (χ2v) is 6.54. The summed E-state index contributed by atoms with van der Waals surface area (Å²) in [5, 5.41) is 11.1. The molecule has 0 atom stereocenters. The molecule has 138 valence electrons. The molecule has 1 amide bonds. The molecule has 3 rings (SSSR count). The number of carbonyl (C=O) groups excluding carboxylic acids is 1. The number of carbonyl (C=O) groups is 1. The van der Waals surface area contributed by atoms with Crippen LogP contribution in [0, 0.1) is 0 Å². The maximum absolute atomic E-state index is 11.7. The number of nitrogens with zero attached hydrogens (tertiary/aromatic N) is 4. The summed E-state index contributed by atoms with van der Waals surface area (Å²) in [7, 11) is 5.17. The summed E-state index contributed by atoms with van der Waals surface area (Å²) in [4.78, 5) is 17.4. The lowest BCUT2D eigenvalue weighted by atomic mass is 10.2. The standard InChI is InChI=1S/C19H26N6O/c1-20-19(22-13-18(26)24(2)3)21-12-16-15-10-7-11-17(15)25(23-16)14-8-5-4-6-9-14/h4-6,8-9H,7,10-13H2,1-3H3,(H2,20,21,22). The summed E-state index contributed by atoms with van der Waals surface area (Å²) < 4.78 is 2.06. The summed E-state index contributed by atoms with van der Waals surface area (Å²) >= 11 is 0. The van der Waals surface area contributed by atoms with Gasteiger partial charge < -0.3 is 15.5 Å². The summed E-state index contributed by atoms with van der Waals surface area (Å²) in [5.74, 6) is 0.600. The SMILES string of the molecule is CN=C(NCC(=O)N(C)C)NCc1nn(-c2ccccc2)c2c1CCC2. The summed E-state index contributed by atoms with van der Waals surface area (Å²) in [6.45, 7) is 0.793. The van der Waals surface area contributed by atoms with Crippen molar-refractivity contribution < 1.29 is 4.79 Å². The van der Waals surface area contributed by atoms with Crippen LogP contribution in [0.4, 0.5) is 0 Å². The van der Waals surface area contributed by atoms with Gasteiger partial charge in [0.2, 0.25) is 5.91 Å². The number of guanidine groups is 1. The first-order chi connectivity index (χ1) is 12.6. The van der Waals surface area contributed by atoms with E-state index in [0.717, 1.165) is 30.6 Å². The third kappa shape index (κ3) is 3.87. The van der Waals surface area contributed by atoms with Gasteiger partial charge in [-0.05, 0) is 37.0 Å². The Balaban J connectivity index is 1.70. The molecule has 0 fully saturated rings. The van der Waals surface area contributed by atoms with Crippen molar-refractivity contribution in [1.29, 1.82) is 0 Å².